The predicted octanol–water partition coefficient (Wildman–Crippen LogP) is 4.83. The Hall–Kier alpha value is -3.65. The molecule has 35 heavy (non-hydrogen) atoms. The molecule has 0 unspecified atom stereocenters. The summed E-state index contributed by atoms with van der Waals surface area (Å²) in [5, 5.41) is 4.00. The lowest BCUT2D eigenvalue weighted by molar-refractivity contribution is -0.119. The van der Waals surface area contributed by atoms with Crippen LogP contribution >= 0.6 is 0 Å². The molecule has 3 aromatic carbocycles. The number of carbonyl (C=O) groups excluding carboxylic acids is 1. The molecular weight excluding hydrogens is 462 g/mol. The molecule has 7 nitrogen and oxygen atoms in total. The van der Waals surface area contributed by atoms with Gasteiger partial charge in [-0.3, -0.25) is 9.10 Å². The summed E-state index contributed by atoms with van der Waals surface area (Å²) in [6.07, 6.45) is 3.56. The fraction of sp³-hybridized carbons (Fsp3) is 0.259. The van der Waals surface area contributed by atoms with Gasteiger partial charge in [0.1, 0.15) is 12.3 Å². The van der Waals surface area contributed by atoms with E-state index in [1.54, 1.807) is 24.3 Å². The Labute approximate surface area is 207 Å². The first-order valence-corrected chi connectivity index (χ1v) is 12.9. The molecule has 1 N–H and O–H groups in total. The molecule has 0 bridgehead atoms. The second-order valence-electron chi connectivity index (χ2n) is 8.18. The van der Waals surface area contributed by atoms with Crippen molar-refractivity contribution < 1.29 is 17.9 Å². The van der Waals surface area contributed by atoms with E-state index >= 15 is 0 Å². The van der Waals surface area contributed by atoms with Crippen molar-refractivity contribution in [2.75, 3.05) is 17.5 Å². The van der Waals surface area contributed by atoms with Crippen LogP contribution in [0.1, 0.15) is 36.5 Å². The van der Waals surface area contributed by atoms with Crippen molar-refractivity contribution >= 4 is 27.8 Å². The predicted molar refractivity (Wildman–Crippen MR) is 139 cm³/mol. The van der Waals surface area contributed by atoms with Crippen LogP contribution in [0.5, 0.6) is 5.75 Å². The van der Waals surface area contributed by atoms with Gasteiger partial charge >= 0.3 is 0 Å². The average Bonchev–Trinajstić information content (AvgIpc) is 2.86. The lowest BCUT2D eigenvalue weighted by atomic mass is 10.1. The van der Waals surface area contributed by atoms with Crippen LogP contribution in [-0.2, 0) is 14.8 Å². The monoisotopic (exact) mass is 493 g/mol. The van der Waals surface area contributed by atoms with Gasteiger partial charge in [0.15, 0.2) is 0 Å². The van der Waals surface area contributed by atoms with Crippen LogP contribution in [0.15, 0.2) is 82.8 Å². The van der Waals surface area contributed by atoms with Gasteiger partial charge in [0.05, 0.1) is 23.4 Å². The van der Waals surface area contributed by atoms with Gasteiger partial charge in [0.2, 0.25) is 0 Å². The van der Waals surface area contributed by atoms with Crippen LogP contribution in [-0.4, -0.2) is 33.7 Å². The highest BCUT2D eigenvalue weighted by Crippen LogP contribution is 2.27. The van der Waals surface area contributed by atoms with Crippen molar-refractivity contribution in [3.05, 3.63) is 89.5 Å². The highest BCUT2D eigenvalue weighted by atomic mass is 32.2. The third kappa shape index (κ3) is 7.16. The zero-order valence-corrected chi connectivity index (χ0v) is 21.1. The SMILES string of the molecule is CCCCOc1ccc(/C=N\NC(=O)CN(c2cc(C)ccc2C)S(=O)(=O)c2ccccc2)cc1. The number of sulfonamides is 1. The maximum absolute atomic E-state index is 13.4. The number of ether oxygens (including phenoxy) is 1. The standard InChI is InChI=1S/C27H31N3O4S/c1-4-5-17-34-24-15-13-23(14-16-24)19-28-29-27(31)20-30(26-18-21(2)11-12-22(26)3)35(32,33)25-9-7-6-8-10-25/h6-16,18-19H,4-5,17,20H2,1-3H3,(H,29,31)/b28-19-. The first-order chi connectivity index (χ1) is 16.8. The summed E-state index contributed by atoms with van der Waals surface area (Å²) in [6.45, 7) is 6.05. The number of nitrogens with zero attached hydrogens (tertiary/aromatic N) is 2. The highest BCUT2D eigenvalue weighted by molar-refractivity contribution is 7.92. The van der Waals surface area contributed by atoms with Gasteiger partial charge in [-0.15, -0.1) is 0 Å². The Kier molecular flexibility index (Phi) is 9.03. The number of aryl methyl sites for hydroxylation is 2. The van der Waals surface area contributed by atoms with Gasteiger partial charge < -0.3 is 4.74 Å². The number of anilines is 1. The third-order valence-electron chi connectivity index (χ3n) is 5.30. The van der Waals surface area contributed by atoms with Crippen LogP contribution in [0.3, 0.4) is 0 Å². The summed E-state index contributed by atoms with van der Waals surface area (Å²) in [4.78, 5) is 12.9. The highest BCUT2D eigenvalue weighted by Gasteiger charge is 2.28. The lowest BCUT2D eigenvalue weighted by Crippen LogP contribution is -2.40. The minimum atomic E-state index is -3.97. The number of benzene rings is 3. The smallest absolute Gasteiger partial charge is 0.264 e. The molecule has 0 saturated carbocycles. The summed E-state index contributed by atoms with van der Waals surface area (Å²) < 4.78 is 33.7. The Bertz CT molecular complexity index is 1260. The number of unbranched alkanes of at least 4 members (excludes halogenated alkanes) is 1. The van der Waals surface area contributed by atoms with Crippen molar-refractivity contribution in [1.29, 1.82) is 0 Å². The number of amides is 1. The normalized spacial score (nSPS) is 11.4. The van der Waals surface area contributed by atoms with E-state index in [2.05, 4.69) is 17.5 Å². The second-order valence-corrected chi connectivity index (χ2v) is 10.0. The Balaban J connectivity index is 1.74. The number of hydrogen-bond donors (Lipinski definition) is 1. The minimum Gasteiger partial charge on any atom is -0.494 e. The second kappa shape index (κ2) is 12.2. The Morgan fingerprint density at radius 1 is 1.03 bits per heavy atom. The van der Waals surface area contributed by atoms with E-state index in [1.807, 2.05) is 50.2 Å². The molecule has 0 radical (unpaired) electrons. The molecule has 3 rings (SSSR count). The van der Waals surface area contributed by atoms with E-state index in [-0.39, 0.29) is 4.90 Å². The Morgan fingerprint density at radius 3 is 2.43 bits per heavy atom. The molecule has 0 aliphatic carbocycles. The van der Waals surface area contributed by atoms with Gasteiger partial charge in [-0.05, 0) is 79.4 Å². The zero-order valence-electron chi connectivity index (χ0n) is 20.3. The van der Waals surface area contributed by atoms with Gasteiger partial charge in [0.25, 0.3) is 15.9 Å². The topological polar surface area (TPSA) is 88.1 Å². The van der Waals surface area contributed by atoms with E-state index in [4.69, 9.17) is 4.74 Å². The van der Waals surface area contributed by atoms with Crippen LogP contribution in [0.2, 0.25) is 0 Å². The van der Waals surface area contributed by atoms with Crippen molar-refractivity contribution in [1.82, 2.24) is 5.43 Å². The zero-order chi connectivity index (χ0) is 25.3. The van der Waals surface area contributed by atoms with E-state index in [9.17, 15) is 13.2 Å². The van der Waals surface area contributed by atoms with Crippen LogP contribution < -0.4 is 14.5 Å². The van der Waals surface area contributed by atoms with Gasteiger partial charge in [0, 0.05) is 0 Å². The van der Waals surface area contributed by atoms with Crippen LogP contribution in [0, 0.1) is 13.8 Å². The molecule has 184 valence electrons. The summed E-state index contributed by atoms with van der Waals surface area (Å²) >= 11 is 0. The number of hydrazone groups is 1. The van der Waals surface area contributed by atoms with E-state index in [1.165, 1.54) is 18.3 Å². The molecule has 0 aromatic heterocycles. The summed E-state index contributed by atoms with van der Waals surface area (Å²) in [5.41, 5.74) is 5.30. The molecular formula is C27H31N3O4S. The number of nitrogens with one attached hydrogen (secondary N) is 1. The van der Waals surface area contributed by atoms with Crippen LogP contribution in [0.4, 0.5) is 5.69 Å². The molecule has 1 amide bonds. The van der Waals surface area contributed by atoms with E-state index in [0.717, 1.165) is 39.6 Å². The molecule has 8 heteroatoms. The minimum absolute atomic E-state index is 0.110. The molecule has 0 spiro atoms. The molecule has 0 fully saturated rings. The van der Waals surface area contributed by atoms with Crippen molar-refractivity contribution in [3.63, 3.8) is 0 Å². The largest absolute Gasteiger partial charge is 0.494 e. The van der Waals surface area contributed by atoms with Gasteiger partial charge in [-0.25, -0.2) is 13.8 Å². The van der Waals surface area contributed by atoms with Gasteiger partial charge in [-0.2, -0.15) is 5.10 Å². The van der Waals surface area contributed by atoms with Gasteiger partial charge in [-0.1, -0.05) is 43.7 Å². The summed E-state index contributed by atoms with van der Waals surface area (Å²) in [7, 11) is -3.97. The maximum Gasteiger partial charge on any atom is 0.264 e. The first-order valence-electron chi connectivity index (χ1n) is 11.5. The first kappa shape index (κ1) is 26.0. The van der Waals surface area contributed by atoms with Crippen molar-refractivity contribution in [2.45, 2.75) is 38.5 Å². The molecule has 0 saturated heterocycles. The maximum atomic E-state index is 13.4. The Morgan fingerprint density at radius 2 is 1.74 bits per heavy atom. The fourth-order valence-electron chi connectivity index (χ4n) is 3.34. The molecule has 0 aliphatic heterocycles. The molecule has 0 aliphatic rings. The molecule has 3 aromatic rings. The number of hydrogen-bond acceptors (Lipinski definition) is 5. The summed E-state index contributed by atoms with van der Waals surface area (Å²) in [5.74, 6) is 0.219. The summed E-state index contributed by atoms with van der Waals surface area (Å²) in [6, 6.07) is 20.9. The lowest BCUT2D eigenvalue weighted by Gasteiger charge is -2.25. The molecule has 0 heterocycles. The quantitative estimate of drug-likeness (QED) is 0.235. The molecule has 0 atom stereocenters. The number of rotatable bonds is 11. The third-order valence-corrected chi connectivity index (χ3v) is 7.08. The van der Waals surface area contributed by atoms with E-state index < -0.39 is 22.5 Å². The van der Waals surface area contributed by atoms with Crippen LogP contribution in [0.25, 0.3) is 0 Å². The van der Waals surface area contributed by atoms with E-state index in [0.29, 0.717) is 12.3 Å². The number of carbonyl (C=O) groups is 1. The van der Waals surface area contributed by atoms with Crippen molar-refractivity contribution in [2.24, 2.45) is 5.10 Å². The van der Waals surface area contributed by atoms with Crippen molar-refractivity contribution in [3.8, 4) is 5.75 Å². The fourth-order valence-corrected chi connectivity index (χ4v) is 4.83. The average molecular weight is 494 g/mol.